The van der Waals surface area contributed by atoms with Gasteiger partial charge in [0, 0.05) is 18.7 Å². The smallest absolute Gasteiger partial charge is 0.290 e. The molecule has 0 fully saturated rings. The zero-order chi connectivity index (χ0) is 15.8. The molecule has 0 amide bonds. The third-order valence-electron chi connectivity index (χ3n) is 2.80. The number of hydrogen-bond acceptors (Lipinski definition) is 5. The van der Waals surface area contributed by atoms with Gasteiger partial charge in [-0.3, -0.25) is 9.78 Å². The SMILES string of the molecule is CCc1nc(-c2cc(C)ncc2OC)n(CC)n1.O=CO. The number of nitrogens with zero attached hydrogens (tertiary/aromatic N) is 4. The molecule has 0 aliphatic heterocycles. The Morgan fingerprint density at radius 1 is 1.43 bits per heavy atom. The van der Waals surface area contributed by atoms with Crippen LogP contribution in [0, 0.1) is 6.92 Å². The maximum atomic E-state index is 8.36. The summed E-state index contributed by atoms with van der Waals surface area (Å²) in [5.74, 6) is 2.42. The van der Waals surface area contributed by atoms with E-state index in [0.717, 1.165) is 41.6 Å². The largest absolute Gasteiger partial charge is 0.494 e. The van der Waals surface area contributed by atoms with Crippen molar-refractivity contribution in [2.24, 2.45) is 0 Å². The number of carbonyl (C=O) groups is 1. The first-order valence-electron chi connectivity index (χ1n) is 6.63. The molecule has 2 aromatic heterocycles. The summed E-state index contributed by atoms with van der Waals surface area (Å²) in [4.78, 5) is 17.2. The fourth-order valence-corrected chi connectivity index (χ4v) is 1.84. The number of carboxylic acid groups (broad SMARTS) is 1. The highest BCUT2D eigenvalue weighted by molar-refractivity contribution is 5.64. The third kappa shape index (κ3) is 4.01. The van der Waals surface area contributed by atoms with Gasteiger partial charge in [0.1, 0.15) is 5.75 Å². The molecule has 0 atom stereocenters. The van der Waals surface area contributed by atoms with Crippen LogP contribution in [0.15, 0.2) is 12.3 Å². The molecule has 0 aromatic carbocycles. The van der Waals surface area contributed by atoms with Crippen molar-refractivity contribution in [2.75, 3.05) is 7.11 Å². The normalized spacial score (nSPS) is 9.71. The Kier molecular flexibility index (Phi) is 6.32. The van der Waals surface area contributed by atoms with Crippen LogP contribution in [0.1, 0.15) is 25.4 Å². The summed E-state index contributed by atoms with van der Waals surface area (Å²) in [5, 5.41) is 11.3. The van der Waals surface area contributed by atoms with Gasteiger partial charge in [0.05, 0.1) is 18.9 Å². The minimum absolute atomic E-state index is 0.250. The third-order valence-corrected chi connectivity index (χ3v) is 2.80. The van der Waals surface area contributed by atoms with Crippen molar-refractivity contribution in [1.82, 2.24) is 19.7 Å². The summed E-state index contributed by atoms with van der Waals surface area (Å²) in [6.07, 6.45) is 2.55. The molecule has 7 heteroatoms. The van der Waals surface area contributed by atoms with E-state index in [4.69, 9.17) is 14.6 Å². The van der Waals surface area contributed by atoms with Crippen molar-refractivity contribution in [2.45, 2.75) is 33.7 Å². The van der Waals surface area contributed by atoms with Crippen LogP contribution in [0.5, 0.6) is 5.75 Å². The number of aryl methyl sites for hydroxylation is 3. The van der Waals surface area contributed by atoms with Gasteiger partial charge in [-0.15, -0.1) is 0 Å². The van der Waals surface area contributed by atoms with Gasteiger partial charge in [-0.05, 0) is 19.9 Å². The highest BCUT2D eigenvalue weighted by Gasteiger charge is 2.15. The number of aromatic nitrogens is 4. The molecule has 2 rings (SSSR count). The molecule has 21 heavy (non-hydrogen) atoms. The Hall–Kier alpha value is -2.44. The molecular formula is C14H20N4O3. The first-order chi connectivity index (χ1) is 10.1. The van der Waals surface area contributed by atoms with Gasteiger partial charge in [-0.1, -0.05) is 6.92 Å². The first-order valence-corrected chi connectivity index (χ1v) is 6.63. The van der Waals surface area contributed by atoms with E-state index < -0.39 is 0 Å². The van der Waals surface area contributed by atoms with Gasteiger partial charge in [0.25, 0.3) is 6.47 Å². The Balaban J connectivity index is 0.000000677. The lowest BCUT2D eigenvalue weighted by molar-refractivity contribution is -0.122. The Bertz CT molecular complexity index is 596. The van der Waals surface area contributed by atoms with Crippen LogP contribution < -0.4 is 4.74 Å². The van der Waals surface area contributed by atoms with Gasteiger partial charge >= 0.3 is 0 Å². The molecule has 0 unspecified atom stereocenters. The lowest BCUT2D eigenvalue weighted by atomic mass is 10.2. The van der Waals surface area contributed by atoms with Crippen molar-refractivity contribution >= 4 is 6.47 Å². The van der Waals surface area contributed by atoms with Gasteiger partial charge in [-0.25, -0.2) is 9.67 Å². The molecule has 0 aliphatic carbocycles. The minimum atomic E-state index is -0.250. The quantitative estimate of drug-likeness (QED) is 0.866. The second kappa shape index (κ2) is 7.98. The van der Waals surface area contributed by atoms with Crippen LogP contribution in [0.2, 0.25) is 0 Å². The zero-order valence-corrected chi connectivity index (χ0v) is 12.7. The molecule has 0 aliphatic rings. The van der Waals surface area contributed by atoms with Gasteiger partial charge < -0.3 is 9.84 Å². The zero-order valence-electron chi connectivity index (χ0n) is 12.7. The van der Waals surface area contributed by atoms with Crippen molar-refractivity contribution in [3.63, 3.8) is 0 Å². The number of ether oxygens (including phenoxy) is 1. The van der Waals surface area contributed by atoms with E-state index in [0.29, 0.717) is 0 Å². The van der Waals surface area contributed by atoms with E-state index in [1.165, 1.54) is 0 Å². The van der Waals surface area contributed by atoms with Crippen LogP contribution in [0.3, 0.4) is 0 Å². The number of pyridine rings is 1. The molecule has 7 nitrogen and oxygen atoms in total. The molecule has 0 spiro atoms. The fraction of sp³-hybridized carbons (Fsp3) is 0.429. The fourth-order valence-electron chi connectivity index (χ4n) is 1.84. The average Bonchev–Trinajstić information content (AvgIpc) is 2.91. The van der Waals surface area contributed by atoms with Gasteiger partial charge in [0.15, 0.2) is 11.6 Å². The molecule has 0 saturated carbocycles. The second-order valence-corrected chi connectivity index (χ2v) is 4.15. The topological polar surface area (TPSA) is 90.1 Å². The summed E-state index contributed by atoms with van der Waals surface area (Å²) in [7, 11) is 1.64. The predicted molar refractivity (Wildman–Crippen MR) is 78.3 cm³/mol. The maximum Gasteiger partial charge on any atom is 0.290 e. The van der Waals surface area contributed by atoms with Gasteiger partial charge in [-0.2, -0.15) is 5.10 Å². The van der Waals surface area contributed by atoms with Crippen LogP contribution in [0.4, 0.5) is 0 Å². The Morgan fingerprint density at radius 3 is 2.62 bits per heavy atom. The van der Waals surface area contributed by atoms with Crippen molar-refractivity contribution < 1.29 is 14.6 Å². The van der Waals surface area contributed by atoms with E-state index >= 15 is 0 Å². The van der Waals surface area contributed by atoms with E-state index in [-0.39, 0.29) is 6.47 Å². The van der Waals surface area contributed by atoms with Crippen LogP contribution in [0.25, 0.3) is 11.4 Å². The number of methoxy groups -OCH3 is 1. The number of rotatable bonds is 4. The van der Waals surface area contributed by atoms with Crippen LogP contribution in [-0.4, -0.2) is 38.4 Å². The van der Waals surface area contributed by atoms with E-state index in [1.54, 1.807) is 13.3 Å². The lowest BCUT2D eigenvalue weighted by Gasteiger charge is -2.08. The van der Waals surface area contributed by atoms with Crippen LogP contribution in [-0.2, 0) is 17.8 Å². The van der Waals surface area contributed by atoms with Crippen molar-refractivity contribution in [3.8, 4) is 17.1 Å². The van der Waals surface area contributed by atoms with E-state index in [2.05, 4.69) is 22.0 Å². The molecule has 0 saturated heterocycles. The van der Waals surface area contributed by atoms with Gasteiger partial charge in [0.2, 0.25) is 0 Å². The molecule has 2 aromatic rings. The van der Waals surface area contributed by atoms with Crippen molar-refractivity contribution in [1.29, 1.82) is 0 Å². The predicted octanol–water partition coefficient (Wildman–Crippen LogP) is 1.94. The average molecular weight is 292 g/mol. The first kappa shape index (κ1) is 16.6. The molecular weight excluding hydrogens is 272 g/mol. The maximum absolute atomic E-state index is 8.36. The monoisotopic (exact) mass is 292 g/mol. The Labute approximate surface area is 123 Å². The summed E-state index contributed by atoms with van der Waals surface area (Å²) in [6, 6.07) is 1.98. The standard InChI is InChI=1S/C13H18N4O.CH2O2/c1-5-12-15-13(17(6-2)16-12)10-7-9(3)14-8-11(10)18-4;2-1-3/h7-8H,5-6H2,1-4H3;1H,(H,2,3). The molecule has 114 valence electrons. The molecule has 2 heterocycles. The van der Waals surface area contributed by atoms with Crippen LogP contribution >= 0.6 is 0 Å². The number of hydrogen-bond donors (Lipinski definition) is 1. The lowest BCUT2D eigenvalue weighted by Crippen LogP contribution is -2.02. The van der Waals surface area contributed by atoms with Crippen molar-refractivity contribution in [3.05, 3.63) is 23.8 Å². The summed E-state index contributed by atoms with van der Waals surface area (Å²) < 4.78 is 7.25. The summed E-state index contributed by atoms with van der Waals surface area (Å²) >= 11 is 0. The molecule has 1 N–H and O–H groups in total. The highest BCUT2D eigenvalue weighted by Crippen LogP contribution is 2.28. The van der Waals surface area contributed by atoms with E-state index in [9.17, 15) is 0 Å². The Morgan fingerprint density at radius 2 is 2.10 bits per heavy atom. The summed E-state index contributed by atoms with van der Waals surface area (Å²) in [5.41, 5.74) is 1.88. The molecule has 0 bridgehead atoms. The minimum Gasteiger partial charge on any atom is -0.494 e. The second-order valence-electron chi connectivity index (χ2n) is 4.15. The van der Waals surface area contributed by atoms with E-state index in [1.807, 2.05) is 24.6 Å². The highest BCUT2D eigenvalue weighted by atomic mass is 16.5. The molecule has 0 radical (unpaired) electrons. The summed E-state index contributed by atoms with van der Waals surface area (Å²) in [6.45, 7) is 6.59.